The molecule has 0 atom stereocenters. The summed E-state index contributed by atoms with van der Waals surface area (Å²) >= 11 is 4.35. The van der Waals surface area contributed by atoms with Crippen molar-refractivity contribution in [2.75, 3.05) is 0 Å². The summed E-state index contributed by atoms with van der Waals surface area (Å²) in [6.45, 7) is 3.37. The van der Waals surface area contributed by atoms with Crippen molar-refractivity contribution >= 4 is 43.5 Å². The Bertz CT molecular complexity index is 1010. The van der Waals surface area contributed by atoms with E-state index in [4.69, 9.17) is 4.74 Å². The van der Waals surface area contributed by atoms with Crippen LogP contribution in [0.15, 0.2) is 27.5 Å². The molecule has 1 aromatic carbocycles. The molecule has 2 heterocycles. The molecule has 0 unspecified atom stereocenters. The highest BCUT2D eigenvalue weighted by molar-refractivity contribution is 9.10. The molecule has 0 bridgehead atoms. The molecule has 8 heteroatoms. The number of carbonyl (C=O) groups is 1. The molecule has 3 rings (SSSR count). The average molecular weight is 411 g/mol. The number of ether oxygens (including phenoxy) is 1. The monoisotopic (exact) mass is 410 g/mol. The lowest BCUT2D eigenvalue weighted by molar-refractivity contribution is 0.0477. The number of halogens is 2. The molecule has 0 amide bonds. The molecule has 0 aliphatic heterocycles. The van der Waals surface area contributed by atoms with Crippen molar-refractivity contribution in [2.24, 2.45) is 0 Å². The number of rotatable bonds is 3. The van der Waals surface area contributed by atoms with Crippen LogP contribution < -0.4 is 5.56 Å². The number of aromatic amines is 1. The van der Waals surface area contributed by atoms with Gasteiger partial charge in [0, 0.05) is 10.0 Å². The van der Waals surface area contributed by atoms with E-state index in [-0.39, 0.29) is 18.0 Å². The predicted molar refractivity (Wildman–Crippen MR) is 92.9 cm³/mol. The third-order valence-corrected chi connectivity index (χ3v) is 5.38. The number of aryl methyl sites for hydroxylation is 2. The Labute approximate surface area is 148 Å². The van der Waals surface area contributed by atoms with E-state index in [1.807, 2.05) is 0 Å². The van der Waals surface area contributed by atoms with Gasteiger partial charge < -0.3 is 9.72 Å². The second-order valence-corrected chi connectivity index (χ2v) is 7.05. The van der Waals surface area contributed by atoms with Gasteiger partial charge >= 0.3 is 5.97 Å². The van der Waals surface area contributed by atoms with E-state index < -0.39 is 5.97 Å². The number of hydrogen-bond acceptors (Lipinski definition) is 5. The minimum Gasteiger partial charge on any atom is -0.457 e. The van der Waals surface area contributed by atoms with Gasteiger partial charge in [0.05, 0.1) is 5.39 Å². The summed E-state index contributed by atoms with van der Waals surface area (Å²) in [4.78, 5) is 32.1. The number of carbonyl (C=O) groups excluding carboxylic acids is 1. The maximum Gasteiger partial charge on any atom is 0.349 e. The van der Waals surface area contributed by atoms with Crippen molar-refractivity contribution in [3.63, 3.8) is 0 Å². The van der Waals surface area contributed by atoms with E-state index >= 15 is 0 Å². The molecule has 3 aromatic rings. The summed E-state index contributed by atoms with van der Waals surface area (Å²) < 4.78 is 18.9. The van der Waals surface area contributed by atoms with Gasteiger partial charge in [-0.3, -0.25) is 4.79 Å². The SMILES string of the molecule is Cc1nc2sc(C(=O)OCc3ccc(F)cc3Br)c(C)c2c(=O)[nH]1. The molecule has 0 spiro atoms. The quantitative estimate of drug-likeness (QED) is 0.665. The number of thiophene rings is 1. The van der Waals surface area contributed by atoms with Gasteiger partial charge in [-0.1, -0.05) is 22.0 Å². The first-order valence-corrected chi connectivity index (χ1v) is 8.59. The number of aromatic nitrogens is 2. The highest BCUT2D eigenvalue weighted by Crippen LogP contribution is 2.28. The van der Waals surface area contributed by atoms with Crippen molar-refractivity contribution in [1.82, 2.24) is 9.97 Å². The topological polar surface area (TPSA) is 72.0 Å². The molecular weight excluding hydrogens is 399 g/mol. The number of esters is 1. The maximum atomic E-state index is 13.1. The van der Waals surface area contributed by atoms with Crippen molar-refractivity contribution < 1.29 is 13.9 Å². The maximum absolute atomic E-state index is 13.1. The van der Waals surface area contributed by atoms with Gasteiger partial charge in [0.2, 0.25) is 0 Å². The van der Waals surface area contributed by atoms with E-state index in [9.17, 15) is 14.0 Å². The molecule has 0 saturated heterocycles. The van der Waals surface area contributed by atoms with Crippen molar-refractivity contribution in [3.05, 3.63) is 60.7 Å². The van der Waals surface area contributed by atoms with Gasteiger partial charge in [0.15, 0.2) is 0 Å². The van der Waals surface area contributed by atoms with Crippen LogP contribution in [0, 0.1) is 19.7 Å². The zero-order valence-electron chi connectivity index (χ0n) is 12.8. The van der Waals surface area contributed by atoms with Gasteiger partial charge in [0.1, 0.15) is 28.0 Å². The molecule has 0 aliphatic rings. The highest BCUT2D eigenvalue weighted by Gasteiger charge is 2.20. The number of H-pyrrole nitrogens is 1. The smallest absolute Gasteiger partial charge is 0.349 e. The Morgan fingerprint density at radius 3 is 2.88 bits per heavy atom. The Morgan fingerprint density at radius 2 is 2.17 bits per heavy atom. The molecule has 0 saturated carbocycles. The first-order chi connectivity index (χ1) is 11.4. The molecule has 0 aliphatic carbocycles. The van der Waals surface area contributed by atoms with E-state index in [1.54, 1.807) is 19.9 Å². The molecule has 1 N–H and O–H groups in total. The summed E-state index contributed by atoms with van der Waals surface area (Å²) in [7, 11) is 0. The average Bonchev–Trinajstić information content (AvgIpc) is 2.83. The lowest BCUT2D eigenvalue weighted by atomic mass is 10.2. The van der Waals surface area contributed by atoms with Crippen LogP contribution in [0.5, 0.6) is 0 Å². The molecule has 124 valence electrons. The van der Waals surface area contributed by atoms with E-state index in [0.717, 1.165) is 11.3 Å². The van der Waals surface area contributed by atoms with Gasteiger partial charge in [-0.25, -0.2) is 14.2 Å². The number of benzene rings is 1. The third kappa shape index (κ3) is 3.11. The van der Waals surface area contributed by atoms with Gasteiger partial charge in [0.25, 0.3) is 5.56 Å². The summed E-state index contributed by atoms with van der Waals surface area (Å²) in [5, 5.41) is 0.403. The fourth-order valence-corrected chi connectivity index (χ4v) is 3.88. The first kappa shape index (κ1) is 16.8. The minimum absolute atomic E-state index is 0.00377. The number of fused-ring (bicyclic) bond motifs is 1. The van der Waals surface area contributed by atoms with Crippen LogP contribution in [-0.4, -0.2) is 15.9 Å². The Morgan fingerprint density at radius 1 is 1.42 bits per heavy atom. The van der Waals surface area contributed by atoms with Crippen LogP contribution in [-0.2, 0) is 11.3 Å². The second kappa shape index (κ2) is 6.45. The molecule has 24 heavy (non-hydrogen) atoms. The van der Waals surface area contributed by atoms with Gasteiger partial charge in [-0.05, 0) is 31.5 Å². The van der Waals surface area contributed by atoms with Crippen molar-refractivity contribution in [1.29, 1.82) is 0 Å². The Balaban J connectivity index is 1.88. The summed E-state index contributed by atoms with van der Waals surface area (Å²) in [6.07, 6.45) is 0. The molecular formula is C16H12BrFN2O3S. The summed E-state index contributed by atoms with van der Waals surface area (Å²) in [5.74, 6) is -0.425. The zero-order chi connectivity index (χ0) is 17.4. The van der Waals surface area contributed by atoms with Crippen LogP contribution in [0.1, 0.15) is 26.6 Å². The molecule has 0 radical (unpaired) electrons. The van der Waals surface area contributed by atoms with E-state index in [1.165, 1.54) is 12.1 Å². The second-order valence-electron chi connectivity index (χ2n) is 5.20. The number of hydrogen-bond donors (Lipinski definition) is 1. The van der Waals surface area contributed by atoms with E-state index in [0.29, 0.717) is 36.5 Å². The van der Waals surface area contributed by atoms with Gasteiger partial charge in [-0.15, -0.1) is 11.3 Å². The van der Waals surface area contributed by atoms with Crippen molar-refractivity contribution in [3.8, 4) is 0 Å². The minimum atomic E-state index is -0.538. The largest absolute Gasteiger partial charge is 0.457 e. The highest BCUT2D eigenvalue weighted by atomic mass is 79.9. The number of nitrogens with one attached hydrogen (secondary N) is 1. The fraction of sp³-hybridized carbons (Fsp3) is 0.188. The lowest BCUT2D eigenvalue weighted by Crippen LogP contribution is -2.10. The van der Waals surface area contributed by atoms with Crippen molar-refractivity contribution in [2.45, 2.75) is 20.5 Å². The molecule has 2 aromatic heterocycles. The Hall–Kier alpha value is -2.06. The third-order valence-electron chi connectivity index (χ3n) is 3.48. The van der Waals surface area contributed by atoms with Crippen LogP contribution in [0.4, 0.5) is 4.39 Å². The lowest BCUT2D eigenvalue weighted by Gasteiger charge is -2.06. The molecule has 5 nitrogen and oxygen atoms in total. The van der Waals surface area contributed by atoms with Crippen LogP contribution in [0.25, 0.3) is 10.2 Å². The fourth-order valence-electron chi connectivity index (χ4n) is 2.29. The predicted octanol–water partition coefficient (Wildman–Crippen LogP) is 3.86. The number of nitrogens with zero attached hydrogens (tertiary/aromatic N) is 1. The van der Waals surface area contributed by atoms with Crippen LogP contribution in [0.3, 0.4) is 0 Å². The Kier molecular flexibility index (Phi) is 4.51. The zero-order valence-corrected chi connectivity index (χ0v) is 15.2. The van der Waals surface area contributed by atoms with E-state index in [2.05, 4.69) is 25.9 Å². The van der Waals surface area contributed by atoms with Crippen LogP contribution in [0.2, 0.25) is 0 Å². The normalized spacial score (nSPS) is 11.0. The summed E-state index contributed by atoms with van der Waals surface area (Å²) in [5.41, 5.74) is 0.925. The van der Waals surface area contributed by atoms with Crippen LogP contribution >= 0.6 is 27.3 Å². The van der Waals surface area contributed by atoms with Gasteiger partial charge in [-0.2, -0.15) is 0 Å². The summed E-state index contributed by atoms with van der Waals surface area (Å²) in [6, 6.07) is 4.14. The standard InChI is InChI=1S/C16H12BrFN2O3S/c1-7-12-14(21)19-8(2)20-15(12)24-13(7)16(22)23-6-9-3-4-10(18)5-11(9)17/h3-5H,6H2,1-2H3,(H,19,20,21). The first-order valence-electron chi connectivity index (χ1n) is 6.98. The molecule has 0 fully saturated rings.